The van der Waals surface area contributed by atoms with Crippen LogP contribution in [0.5, 0.6) is 0 Å². The molecule has 1 unspecified atom stereocenters. The molecule has 0 radical (unpaired) electrons. The molecule has 0 bridgehead atoms. The predicted molar refractivity (Wildman–Crippen MR) is 89.9 cm³/mol. The van der Waals surface area contributed by atoms with E-state index in [9.17, 15) is 13.2 Å². The molecule has 0 amide bonds. The van der Waals surface area contributed by atoms with E-state index >= 15 is 0 Å². The zero-order chi connectivity index (χ0) is 17.5. The van der Waals surface area contributed by atoms with Gasteiger partial charge in [-0.3, -0.25) is 4.79 Å². The van der Waals surface area contributed by atoms with Crippen LogP contribution in [0.2, 0.25) is 0 Å². The summed E-state index contributed by atoms with van der Waals surface area (Å²) in [5, 5.41) is 0. The molecule has 0 N–H and O–H groups in total. The highest BCUT2D eigenvalue weighted by atomic mass is 32.2. The first kappa shape index (κ1) is 17.6. The largest absolute Gasteiger partial charge is 0.285 e. The summed E-state index contributed by atoms with van der Waals surface area (Å²) >= 11 is 0. The average molecular weight is 344 g/mol. The highest BCUT2D eigenvalue weighted by Gasteiger charge is 2.25. The van der Waals surface area contributed by atoms with E-state index in [1.807, 2.05) is 0 Å². The van der Waals surface area contributed by atoms with Crippen LogP contribution in [-0.4, -0.2) is 40.0 Å². The van der Waals surface area contributed by atoms with E-state index in [2.05, 4.69) is 28.1 Å². The number of ketones is 1. The van der Waals surface area contributed by atoms with Crippen molar-refractivity contribution in [3.8, 4) is 0 Å². The molecule has 1 heterocycles. The molecule has 0 saturated heterocycles. The molecule has 0 fully saturated rings. The molecule has 1 atom stereocenters. The van der Waals surface area contributed by atoms with Crippen molar-refractivity contribution >= 4 is 16.7 Å². The first-order valence-corrected chi connectivity index (χ1v) is 8.13. The van der Waals surface area contributed by atoms with Crippen LogP contribution in [0, 0.1) is 0 Å². The third-order valence-electron chi connectivity index (χ3n) is 3.29. The van der Waals surface area contributed by atoms with Crippen molar-refractivity contribution in [3.63, 3.8) is 0 Å². The average Bonchev–Trinajstić information content (AvgIpc) is 2.62. The van der Waals surface area contributed by atoms with Gasteiger partial charge in [0.1, 0.15) is 12.7 Å². The smallest absolute Gasteiger partial charge is 0.230 e. The molecular weight excluding hydrogens is 328 g/mol. The summed E-state index contributed by atoms with van der Waals surface area (Å²) < 4.78 is 24.3. The Balaban J connectivity index is 2.52. The Labute approximate surface area is 141 Å². The lowest BCUT2D eigenvalue weighted by atomic mass is 9.97. The second-order valence-electron chi connectivity index (χ2n) is 4.71. The summed E-state index contributed by atoms with van der Waals surface area (Å²) in [6, 6.07) is 5.98. The standard InChI is InChI=1S/C16H16N4O3S/c1-3-9-20(24(22)23)14(4-2)12-7-5-6-8-13(12)15(21)16-18-10-17-11-19-16/h3-8,10-11,14,24H,1-2,9H2. The van der Waals surface area contributed by atoms with Gasteiger partial charge in [-0.1, -0.05) is 36.4 Å². The second-order valence-corrected chi connectivity index (χ2v) is 5.70. The van der Waals surface area contributed by atoms with Crippen LogP contribution in [-0.2, 0) is 10.9 Å². The zero-order valence-corrected chi connectivity index (χ0v) is 13.7. The Morgan fingerprint density at radius 3 is 2.46 bits per heavy atom. The fourth-order valence-corrected chi connectivity index (χ4v) is 2.93. The van der Waals surface area contributed by atoms with E-state index in [4.69, 9.17) is 0 Å². The summed E-state index contributed by atoms with van der Waals surface area (Å²) in [6.07, 6.45) is 5.39. The van der Waals surface area contributed by atoms with Crippen molar-refractivity contribution in [2.45, 2.75) is 6.04 Å². The second kappa shape index (κ2) is 8.23. The van der Waals surface area contributed by atoms with E-state index < -0.39 is 22.7 Å². The van der Waals surface area contributed by atoms with E-state index in [1.54, 1.807) is 24.3 Å². The van der Waals surface area contributed by atoms with Gasteiger partial charge in [-0.2, -0.15) is 4.31 Å². The lowest BCUT2D eigenvalue weighted by molar-refractivity contribution is 0.102. The Morgan fingerprint density at radius 1 is 1.21 bits per heavy atom. The fraction of sp³-hybridized carbons (Fsp3) is 0.125. The topological polar surface area (TPSA) is 93.1 Å². The fourth-order valence-electron chi connectivity index (χ4n) is 2.26. The number of aromatic nitrogens is 3. The van der Waals surface area contributed by atoms with Crippen molar-refractivity contribution in [3.05, 3.63) is 79.2 Å². The summed E-state index contributed by atoms with van der Waals surface area (Å²) in [4.78, 5) is 24.0. The number of nitrogens with zero attached hydrogens (tertiary/aromatic N) is 4. The minimum absolute atomic E-state index is 0.0120. The van der Waals surface area contributed by atoms with Crippen LogP contribution in [0.25, 0.3) is 0 Å². The maximum absolute atomic E-state index is 12.7. The molecule has 124 valence electrons. The van der Waals surface area contributed by atoms with Crippen LogP contribution in [0.1, 0.15) is 27.8 Å². The SMILES string of the molecule is C=CCN(C(C=C)c1ccccc1C(=O)c1ncncn1)[SH](=O)=O. The van der Waals surface area contributed by atoms with E-state index in [-0.39, 0.29) is 12.4 Å². The maximum atomic E-state index is 12.7. The molecule has 2 rings (SSSR count). The molecule has 1 aromatic heterocycles. The summed E-state index contributed by atoms with van der Waals surface area (Å²) in [6.45, 7) is 7.36. The maximum Gasteiger partial charge on any atom is 0.230 e. The molecule has 7 nitrogen and oxygen atoms in total. The van der Waals surface area contributed by atoms with Gasteiger partial charge in [0.05, 0.1) is 6.04 Å². The molecule has 1 aromatic carbocycles. The minimum Gasteiger partial charge on any atom is -0.285 e. The lowest BCUT2D eigenvalue weighted by Crippen LogP contribution is -2.27. The summed E-state index contributed by atoms with van der Waals surface area (Å²) in [5.74, 6) is -0.429. The van der Waals surface area contributed by atoms with Crippen LogP contribution in [0.3, 0.4) is 0 Å². The highest BCUT2D eigenvalue weighted by Crippen LogP contribution is 2.26. The molecule has 24 heavy (non-hydrogen) atoms. The molecule has 0 saturated carbocycles. The summed E-state index contributed by atoms with van der Waals surface area (Å²) in [5.41, 5.74) is 0.804. The zero-order valence-electron chi connectivity index (χ0n) is 12.8. The molecule has 2 aromatic rings. The lowest BCUT2D eigenvalue weighted by Gasteiger charge is -2.24. The molecular formula is C16H16N4O3S. The van der Waals surface area contributed by atoms with Crippen LogP contribution in [0.15, 0.2) is 62.2 Å². The number of carbonyl (C=O) groups is 1. The van der Waals surface area contributed by atoms with Crippen LogP contribution in [0.4, 0.5) is 0 Å². The monoisotopic (exact) mass is 344 g/mol. The van der Waals surface area contributed by atoms with Crippen molar-refractivity contribution in [1.82, 2.24) is 19.3 Å². The van der Waals surface area contributed by atoms with Gasteiger partial charge in [0.15, 0.2) is 0 Å². The van der Waals surface area contributed by atoms with Crippen molar-refractivity contribution in [2.75, 3.05) is 6.54 Å². The van der Waals surface area contributed by atoms with Gasteiger partial charge in [0.25, 0.3) is 0 Å². The van der Waals surface area contributed by atoms with Gasteiger partial charge in [-0.05, 0) is 5.56 Å². The van der Waals surface area contributed by atoms with Crippen LogP contribution < -0.4 is 0 Å². The number of hydrogen-bond donors (Lipinski definition) is 1. The van der Waals surface area contributed by atoms with Crippen molar-refractivity contribution in [1.29, 1.82) is 0 Å². The molecule has 8 heteroatoms. The first-order valence-electron chi connectivity index (χ1n) is 7.00. The number of carbonyl (C=O) groups excluding carboxylic acids is 1. The Morgan fingerprint density at radius 2 is 1.88 bits per heavy atom. The van der Waals surface area contributed by atoms with E-state index in [0.717, 1.165) is 0 Å². The first-order chi connectivity index (χ1) is 11.6. The molecule has 0 aliphatic rings. The van der Waals surface area contributed by atoms with E-state index in [1.165, 1.54) is 29.1 Å². The normalized spacial score (nSPS) is 12.1. The third kappa shape index (κ3) is 3.79. The van der Waals surface area contributed by atoms with Crippen molar-refractivity contribution < 1.29 is 13.2 Å². The Bertz CT molecular complexity index is 813. The molecule has 0 aliphatic carbocycles. The third-order valence-corrected chi connectivity index (χ3v) is 4.12. The van der Waals surface area contributed by atoms with Gasteiger partial charge in [0, 0.05) is 12.1 Å². The van der Waals surface area contributed by atoms with Gasteiger partial charge < -0.3 is 0 Å². The Hall–Kier alpha value is -2.71. The number of thiol groups is 1. The quantitative estimate of drug-likeness (QED) is 0.441. The van der Waals surface area contributed by atoms with E-state index in [0.29, 0.717) is 11.1 Å². The van der Waals surface area contributed by atoms with Gasteiger partial charge >= 0.3 is 0 Å². The van der Waals surface area contributed by atoms with Gasteiger partial charge in [-0.25, -0.2) is 23.4 Å². The predicted octanol–water partition coefficient (Wildman–Crippen LogP) is 1.34. The highest BCUT2D eigenvalue weighted by molar-refractivity contribution is 7.69. The Kier molecular flexibility index (Phi) is 6.05. The number of benzene rings is 1. The minimum atomic E-state index is -2.89. The van der Waals surface area contributed by atoms with Gasteiger partial charge in [0.2, 0.25) is 22.5 Å². The number of hydrogen-bond acceptors (Lipinski definition) is 6. The van der Waals surface area contributed by atoms with Crippen LogP contribution >= 0.6 is 0 Å². The molecule has 0 spiro atoms. The molecule has 0 aliphatic heterocycles. The number of rotatable bonds is 8. The van der Waals surface area contributed by atoms with Crippen molar-refractivity contribution in [2.24, 2.45) is 0 Å². The van der Waals surface area contributed by atoms with Gasteiger partial charge in [-0.15, -0.1) is 13.2 Å². The summed E-state index contributed by atoms with van der Waals surface area (Å²) in [7, 11) is -2.89.